The zero-order valence-corrected chi connectivity index (χ0v) is 21.7. The van der Waals surface area contributed by atoms with Crippen molar-refractivity contribution >= 4 is 33.2 Å². The topological polar surface area (TPSA) is 112 Å². The zero-order chi connectivity index (χ0) is 26.4. The van der Waals surface area contributed by atoms with Gasteiger partial charge in [0.1, 0.15) is 10.6 Å². The number of anilines is 1. The van der Waals surface area contributed by atoms with Crippen molar-refractivity contribution in [1.82, 2.24) is 8.87 Å². The molecule has 2 aliphatic rings. The van der Waals surface area contributed by atoms with Crippen LogP contribution in [-0.4, -0.2) is 57.7 Å². The van der Waals surface area contributed by atoms with Crippen molar-refractivity contribution in [3.8, 4) is 0 Å². The molecule has 0 aliphatic carbocycles. The second kappa shape index (κ2) is 10.0. The van der Waals surface area contributed by atoms with Gasteiger partial charge in [-0.2, -0.15) is 4.31 Å². The number of nitrogens with one attached hydrogen (secondary N) is 1. The lowest BCUT2D eigenvalue weighted by molar-refractivity contribution is -0.0169. The van der Waals surface area contributed by atoms with Crippen LogP contribution in [-0.2, 0) is 23.0 Å². The van der Waals surface area contributed by atoms with E-state index < -0.39 is 45.8 Å². The van der Waals surface area contributed by atoms with E-state index in [-0.39, 0.29) is 33.8 Å². The van der Waals surface area contributed by atoms with Crippen molar-refractivity contribution in [3.63, 3.8) is 0 Å². The minimum absolute atomic E-state index is 0.00481. The first kappa shape index (κ1) is 27.0. The summed E-state index contributed by atoms with van der Waals surface area (Å²) in [7, 11) is -4.19. The van der Waals surface area contributed by atoms with Gasteiger partial charge in [-0.3, -0.25) is 4.79 Å². The molecule has 1 aromatic carbocycles. The monoisotopic (exact) mass is 545 g/mol. The quantitative estimate of drug-likeness (QED) is 0.491. The number of nitrogens with zero attached hydrogens (tertiary/aromatic N) is 2. The second-order valence-electron chi connectivity index (χ2n) is 9.90. The fraction of sp³-hybridized carbons (Fsp3) is 0.542. The standard InChI is InChI=1S/C24H30ClF2N3O5S/c1-14-6-8-16(12-24(2,33)13-31)30(14)36(34,35)22-19-5-3-4-10-29(19)21(20(22)25)23(32)28-15-7-9-17(26)18(27)11-15/h7,9,11,14,16,31,33H,3-6,8,10,12-13H2,1-2H3,(H,28,32). The van der Waals surface area contributed by atoms with E-state index in [1.807, 2.05) is 0 Å². The first-order chi connectivity index (χ1) is 16.9. The number of aromatic nitrogens is 1. The summed E-state index contributed by atoms with van der Waals surface area (Å²) >= 11 is 6.65. The number of sulfonamides is 1. The van der Waals surface area contributed by atoms with Crippen molar-refractivity contribution in [2.45, 2.75) is 81.5 Å². The van der Waals surface area contributed by atoms with Gasteiger partial charge in [-0.1, -0.05) is 11.6 Å². The highest BCUT2D eigenvalue weighted by Crippen LogP contribution is 2.42. The van der Waals surface area contributed by atoms with Crippen LogP contribution in [0.1, 0.15) is 62.1 Å². The molecule has 3 atom stereocenters. The lowest BCUT2D eigenvalue weighted by atomic mass is 9.97. The predicted octanol–water partition coefficient (Wildman–Crippen LogP) is 3.68. The van der Waals surface area contributed by atoms with Gasteiger partial charge in [0.05, 0.1) is 17.2 Å². The van der Waals surface area contributed by atoms with Crippen molar-refractivity contribution in [3.05, 3.63) is 46.2 Å². The molecular formula is C24H30ClF2N3O5S. The molecule has 1 amide bonds. The van der Waals surface area contributed by atoms with Gasteiger partial charge in [-0.05, 0) is 64.5 Å². The summed E-state index contributed by atoms with van der Waals surface area (Å²) in [6, 6.07) is 1.99. The average molecular weight is 546 g/mol. The Labute approximate surface area is 213 Å². The zero-order valence-electron chi connectivity index (χ0n) is 20.1. The Morgan fingerprint density at radius 2 is 1.97 bits per heavy atom. The number of fused-ring (bicyclic) bond motifs is 1. The highest BCUT2D eigenvalue weighted by atomic mass is 35.5. The Balaban J connectivity index is 1.76. The van der Waals surface area contributed by atoms with E-state index in [0.29, 0.717) is 44.3 Å². The number of aliphatic hydroxyl groups excluding tert-OH is 1. The molecule has 2 aromatic rings. The largest absolute Gasteiger partial charge is 0.393 e. The van der Waals surface area contributed by atoms with Gasteiger partial charge < -0.3 is 20.1 Å². The van der Waals surface area contributed by atoms with Crippen LogP contribution >= 0.6 is 11.6 Å². The van der Waals surface area contributed by atoms with Gasteiger partial charge in [0, 0.05) is 36.1 Å². The van der Waals surface area contributed by atoms with E-state index in [1.165, 1.54) is 17.3 Å². The number of carbonyl (C=O) groups excluding carboxylic acids is 1. The maximum Gasteiger partial charge on any atom is 0.273 e. The van der Waals surface area contributed by atoms with Gasteiger partial charge in [0.15, 0.2) is 11.6 Å². The Kier molecular flexibility index (Phi) is 7.51. The van der Waals surface area contributed by atoms with E-state index in [0.717, 1.165) is 12.1 Å². The fourth-order valence-corrected chi connectivity index (χ4v) is 8.05. The summed E-state index contributed by atoms with van der Waals surface area (Å²) < 4.78 is 58.0. The first-order valence-electron chi connectivity index (χ1n) is 11.9. The lowest BCUT2D eigenvalue weighted by Gasteiger charge is -2.32. The molecule has 2 aliphatic heterocycles. The third-order valence-electron chi connectivity index (χ3n) is 6.97. The molecule has 1 saturated heterocycles. The maximum atomic E-state index is 14.1. The normalized spacial score (nSPS) is 22.3. The van der Waals surface area contributed by atoms with Crippen molar-refractivity contribution in [2.75, 3.05) is 11.9 Å². The number of benzene rings is 1. The highest BCUT2D eigenvalue weighted by Gasteiger charge is 2.46. The maximum absolute atomic E-state index is 14.1. The van der Waals surface area contributed by atoms with Crippen LogP contribution in [0, 0.1) is 11.6 Å². The fourth-order valence-electron chi connectivity index (χ4n) is 5.27. The van der Waals surface area contributed by atoms with E-state index in [9.17, 15) is 32.2 Å². The average Bonchev–Trinajstić information content (AvgIpc) is 3.32. The predicted molar refractivity (Wildman–Crippen MR) is 131 cm³/mol. The highest BCUT2D eigenvalue weighted by molar-refractivity contribution is 7.89. The molecule has 0 radical (unpaired) electrons. The molecule has 1 fully saturated rings. The third kappa shape index (κ3) is 4.91. The smallest absolute Gasteiger partial charge is 0.273 e. The SMILES string of the molecule is CC1CCC(CC(C)(O)CO)N1S(=O)(=O)c1c(Cl)c(C(=O)Nc2ccc(F)c(F)c2)n2c1CCCC2. The molecule has 0 saturated carbocycles. The Morgan fingerprint density at radius 1 is 1.25 bits per heavy atom. The van der Waals surface area contributed by atoms with Crippen LogP contribution in [0.4, 0.5) is 14.5 Å². The molecule has 0 spiro atoms. The van der Waals surface area contributed by atoms with Gasteiger partial charge in [-0.15, -0.1) is 0 Å². The van der Waals surface area contributed by atoms with Crippen LogP contribution in [0.15, 0.2) is 23.1 Å². The molecule has 12 heteroatoms. The molecule has 4 rings (SSSR count). The number of aliphatic hydroxyl groups is 2. The molecule has 198 valence electrons. The minimum Gasteiger partial charge on any atom is -0.393 e. The molecule has 36 heavy (non-hydrogen) atoms. The molecule has 8 nitrogen and oxygen atoms in total. The minimum atomic E-state index is -4.19. The lowest BCUT2D eigenvalue weighted by Crippen LogP contribution is -2.45. The van der Waals surface area contributed by atoms with Gasteiger partial charge in [-0.25, -0.2) is 17.2 Å². The summed E-state index contributed by atoms with van der Waals surface area (Å²) in [6.07, 6.45) is 2.95. The molecule has 3 unspecified atom stereocenters. The summed E-state index contributed by atoms with van der Waals surface area (Å²) in [6.45, 7) is 3.10. The van der Waals surface area contributed by atoms with Crippen molar-refractivity contribution < 1.29 is 32.2 Å². The van der Waals surface area contributed by atoms with E-state index >= 15 is 0 Å². The van der Waals surface area contributed by atoms with Crippen LogP contribution < -0.4 is 5.32 Å². The van der Waals surface area contributed by atoms with Crippen LogP contribution in [0.5, 0.6) is 0 Å². The number of hydrogen-bond acceptors (Lipinski definition) is 5. The number of hydrogen-bond donors (Lipinski definition) is 3. The Bertz CT molecular complexity index is 1280. The second-order valence-corrected chi connectivity index (χ2v) is 12.1. The number of amides is 1. The van der Waals surface area contributed by atoms with E-state index in [2.05, 4.69) is 5.32 Å². The summed E-state index contributed by atoms with van der Waals surface area (Å²) in [5, 5.41) is 22.2. The summed E-state index contributed by atoms with van der Waals surface area (Å²) in [4.78, 5) is 13.1. The summed E-state index contributed by atoms with van der Waals surface area (Å²) in [5.41, 5.74) is -1.08. The number of halogens is 3. The van der Waals surface area contributed by atoms with Crippen LogP contribution in [0.3, 0.4) is 0 Å². The van der Waals surface area contributed by atoms with Crippen LogP contribution in [0.25, 0.3) is 0 Å². The first-order valence-corrected chi connectivity index (χ1v) is 13.7. The number of carbonyl (C=O) groups is 1. The Hall–Kier alpha value is -2.05. The third-order valence-corrected chi connectivity index (χ3v) is 9.62. The molecule has 3 heterocycles. The van der Waals surface area contributed by atoms with Crippen molar-refractivity contribution in [1.29, 1.82) is 0 Å². The van der Waals surface area contributed by atoms with E-state index in [1.54, 1.807) is 11.5 Å². The summed E-state index contributed by atoms with van der Waals surface area (Å²) in [5.74, 6) is -2.93. The molecular weight excluding hydrogens is 516 g/mol. The van der Waals surface area contributed by atoms with Crippen molar-refractivity contribution in [2.24, 2.45) is 0 Å². The van der Waals surface area contributed by atoms with Crippen LogP contribution in [0.2, 0.25) is 5.02 Å². The van der Waals surface area contributed by atoms with Gasteiger partial charge >= 0.3 is 0 Å². The molecule has 0 bridgehead atoms. The number of rotatable bonds is 7. The Morgan fingerprint density at radius 3 is 2.64 bits per heavy atom. The van der Waals surface area contributed by atoms with E-state index in [4.69, 9.17) is 11.6 Å². The molecule has 3 N–H and O–H groups in total. The van der Waals surface area contributed by atoms with Gasteiger partial charge in [0.2, 0.25) is 10.0 Å². The molecule has 1 aromatic heterocycles. The van der Waals surface area contributed by atoms with Gasteiger partial charge in [0.25, 0.3) is 5.91 Å².